The minimum absolute atomic E-state index is 0.171. The van der Waals surface area contributed by atoms with E-state index in [1.807, 2.05) is 13.8 Å². The summed E-state index contributed by atoms with van der Waals surface area (Å²) in [6, 6.07) is 1.00. The third kappa shape index (κ3) is 1.34. The normalized spacial score (nSPS) is 31.2. The second-order valence-electron chi connectivity index (χ2n) is 4.89. The lowest BCUT2D eigenvalue weighted by Crippen LogP contribution is -2.48. The molecule has 0 spiro atoms. The quantitative estimate of drug-likeness (QED) is 0.672. The maximum absolute atomic E-state index is 12.2. The van der Waals surface area contributed by atoms with E-state index < -0.39 is 5.60 Å². The summed E-state index contributed by atoms with van der Waals surface area (Å²) < 4.78 is 5.25. The van der Waals surface area contributed by atoms with E-state index in [4.69, 9.17) is 4.74 Å². The van der Waals surface area contributed by atoms with Crippen LogP contribution in [0.15, 0.2) is 0 Å². The fourth-order valence-corrected chi connectivity index (χ4v) is 2.64. The van der Waals surface area contributed by atoms with Gasteiger partial charge in [-0.2, -0.15) is 0 Å². The average molecular weight is 197 g/mol. The highest BCUT2D eigenvalue weighted by atomic mass is 16.5. The summed E-state index contributed by atoms with van der Waals surface area (Å²) in [6.07, 6.45) is 4.76. The Labute approximate surface area is 85.4 Å². The minimum Gasteiger partial charge on any atom is -0.369 e. The molecule has 0 saturated carbocycles. The largest absolute Gasteiger partial charge is 0.369 e. The maximum atomic E-state index is 12.2. The van der Waals surface area contributed by atoms with Gasteiger partial charge in [0, 0.05) is 19.2 Å². The number of carbonyl (C=O) groups is 1. The molecule has 0 aromatic rings. The van der Waals surface area contributed by atoms with Crippen molar-refractivity contribution in [2.24, 2.45) is 0 Å². The van der Waals surface area contributed by atoms with Crippen molar-refractivity contribution in [1.29, 1.82) is 0 Å². The van der Waals surface area contributed by atoms with E-state index in [-0.39, 0.29) is 5.91 Å². The molecule has 80 valence electrons. The van der Waals surface area contributed by atoms with Gasteiger partial charge in [-0.1, -0.05) is 0 Å². The SMILES string of the molecule is COC(C)(C)C(=O)N1C2CCC1CC2. The van der Waals surface area contributed by atoms with Crippen LogP contribution in [0, 0.1) is 0 Å². The zero-order valence-corrected chi connectivity index (χ0v) is 9.25. The maximum Gasteiger partial charge on any atom is 0.254 e. The van der Waals surface area contributed by atoms with Gasteiger partial charge >= 0.3 is 0 Å². The molecule has 2 fully saturated rings. The lowest BCUT2D eigenvalue weighted by Gasteiger charge is -2.31. The molecule has 0 unspecified atom stereocenters. The molecule has 0 radical (unpaired) electrons. The first-order valence-corrected chi connectivity index (χ1v) is 5.44. The predicted molar refractivity (Wildman–Crippen MR) is 54.0 cm³/mol. The highest BCUT2D eigenvalue weighted by Gasteiger charge is 2.46. The van der Waals surface area contributed by atoms with Gasteiger partial charge in [-0.05, 0) is 39.5 Å². The van der Waals surface area contributed by atoms with Gasteiger partial charge in [0.15, 0.2) is 0 Å². The summed E-state index contributed by atoms with van der Waals surface area (Å²) in [4.78, 5) is 14.2. The first kappa shape index (κ1) is 9.97. The van der Waals surface area contributed by atoms with Gasteiger partial charge in [-0.15, -0.1) is 0 Å². The van der Waals surface area contributed by atoms with Crippen molar-refractivity contribution in [2.75, 3.05) is 7.11 Å². The smallest absolute Gasteiger partial charge is 0.254 e. The topological polar surface area (TPSA) is 29.5 Å². The third-order valence-corrected chi connectivity index (χ3v) is 3.71. The Morgan fingerprint density at radius 3 is 2.00 bits per heavy atom. The minimum atomic E-state index is -0.648. The standard InChI is InChI=1S/C11H19NO2/c1-11(2,14-3)10(13)12-8-4-5-9(12)7-6-8/h8-9H,4-7H2,1-3H3. The van der Waals surface area contributed by atoms with Crippen LogP contribution in [0.3, 0.4) is 0 Å². The van der Waals surface area contributed by atoms with Crippen LogP contribution in [0.1, 0.15) is 39.5 Å². The number of rotatable bonds is 2. The number of carbonyl (C=O) groups excluding carboxylic acids is 1. The van der Waals surface area contributed by atoms with Gasteiger partial charge in [0.1, 0.15) is 5.60 Å². The van der Waals surface area contributed by atoms with E-state index in [0.29, 0.717) is 12.1 Å². The highest BCUT2D eigenvalue weighted by molar-refractivity contribution is 5.85. The molecule has 2 bridgehead atoms. The zero-order chi connectivity index (χ0) is 10.3. The summed E-state index contributed by atoms with van der Waals surface area (Å²) >= 11 is 0. The fraction of sp³-hybridized carbons (Fsp3) is 0.909. The molecule has 3 nitrogen and oxygen atoms in total. The number of hydrogen-bond donors (Lipinski definition) is 0. The van der Waals surface area contributed by atoms with Crippen LogP contribution < -0.4 is 0 Å². The summed E-state index contributed by atoms with van der Waals surface area (Å²) in [5, 5.41) is 0. The van der Waals surface area contributed by atoms with E-state index in [9.17, 15) is 4.79 Å². The second kappa shape index (κ2) is 3.23. The van der Waals surface area contributed by atoms with E-state index in [1.165, 1.54) is 25.7 Å². The Morgan fingerprint density at radius 2 is 1.64 bits per heavy atom. The molecule has 0 N–H and O–H groups in total. The molecule has 1 amide bonds. The molecule has 2 saturated heterocycles. The number of amides is 1. The van der Waals surface area contributed by atoms with Crippen LogP contribution in [-0.4, -0.2) is 35.6 Å². The number of nitrogens with zero attached hydrogens (tertiary/aromatic N) is 1. The molecular formula is C11H19NO2. The van der Waals surface area contributed by atoms with Crippen LogP contribution in [-0.2, 0) is 9.53 Å². The number of ether oxygens (including phenoxy) is 1. The number of methoxy groups -OCH3 is 1. The summed E-state index contributed by atoms with van der Waals surface area (Å²) in [5.41, 5.74) is -0.648. The van der Waals surface area contributed by atoms with Gasteiger partial charge < -0.3 is 9.64 Å². The fourth-order valence-electron chi connectivity index (χ4n) is 2.64. The molecule has 0 aliphatic carbocycles. The van der Waals surface area contributed by atoms with Crippen LogP contribution in [0.5, 0.6) is 0 Å². The summed E-state index contributed by atoms with van der Waals surface area (Å²) in [7, 11) is 1.61. The lowest BCUT2D eigenvalue weighted by atomic mass is 10.0. The molecule has 14 heavy (non-hydrogen) atoms. The lowest BCUT2D eigenvalue weighted by molar-refractivity contribution is -0.152. The number of hydrogen-bond acceptors (Lipinski definition) is 2. The second-order valence-corrected chi connectivity index (χ2v) is 4.89. The summed E-state index contributed by atoms with van der Waals surface area (Å²) in [6.45, 7) is 3.71. The predicted octanol–water partition coefficient (Wildman–Crippen LogP) is 1.56. The van der Waals surface area contributed by atoms with E-state index >= 15 is 0 Å². The van der Waals surface area contributed by atoms with Gasteiger partial charge in [0.05, 0.1) is 0 Å². The van der Waals surface area contributed by atoms with Crippen LogP contribution in [0.25, 0.3) is 0 Å². The Morgan fingerprint density at radius 1 is 1.21 bits per heavy atom. The Balaban J connectivity index is 2.13. The van der Waals surface area contributed by atoms with Crippen molar-refractivity contribution < 1.29 is 9.53 Å². The van der Waals surface area contributed by atoms with Gasteiger partial charge in [0.2, 0.25) is 0 Å². The van der Waals surface area contributed by atoms with Crippen molar-refractivity contribution in [2.45, 2.75) is 57.2 Å². The molecule has 0 aromatic heterocycles. The molecule has 0 aromatic carbocycles. The average Bonchev–Trinajstić information content (AvgIpc) is 2.75. The Kier molecular flexibility index (Phi) is 2.30. The third-order valence-electron chi connectivity index (χ3n) is 3.71. The highest BCUT2D eigenvalue weighted by Crippen LogP contribution is 2.38. The van der Waals surface area contributed by atoms with Crippen LogP contribution in [0.2, 0.25) is 0 Å². The summed E-state index contributed by atoms with van der Waals surface area (Å²) in [5.74, 6) is 0.171. The Bertz CT molecular complexity index is 230. The Hall–Kier alpha value is -0.570. The van der Waals surface area contributed by atoms with E-state index in [0.717, 1.165) is 0 Å². The molecule has 2 aliphatic rings. The van der Waals surface area contributed by atoms with Crippen molar-refractivity contribution in [3.63, 3.8) is 0 Å². The molecule has 0 atom stereocenters. The van der Waals surface area contributed by atoms with Crippen LogP contribution in [0.4, 0.5) is 0 Å². The van der Waals surface area contributed by atoms with Gasteiger partial charge in [-0.3, -0.25) is 4.79 Å². The van der Waals surface area contributed by atoms with Crippen molar-refractivity contribution in [1.82, 2.24) is 4.90 Å². The van der Waals surface area contributed by atoms with E-state index in [1.54, 1.807) is 7.11 Å². The van der Waals surface area contributed by atoms with Crippen molar-refractivity contribution in [3.05, 3.63) is 0 Å². The van der Waals surface area contributed by atoms with Gasteiger partial charge in [0.25, 0.3) is 5.91 Å². The molecule has 2 aliphatic heterocycles. The van der Waals surface area contributed by atoms with Crippen LogP contribution >= 0.6 is 0 Å². The number of fused-ring (bicyclic) bond motifs is 2. The van der Waals surface area contributed by atoms with Crippen molar-refractivity contribution in [3.8, 4) is 0 Å². The van der Waals surface area contributed by atoms with E-state index in [2.05, 4.69) is 4.90 Å². The monoisotopic (exact) mass is 197 g/mol. The molecule has 2 heterocycles. The molecular weight excluding hydrogens is 178 g/mol. The van der Waals surface area contributed by atoms with Crippen molar-refractivity contribution >= 4 is 5.91 Å². The first-order chi connectivity index (χ1) is 6.56. The molecule has 2 rings (SSSR count). The van der Waals surface area contributed by atoms with Gasteiger partial charge in [-0.25, -0.2) is 0 Å². The zero-order valence-electron chi connectivity index (χ0n) is 9.25. The molecule has 3 heteroatoms. The first-order valence-electron chi connectivity index (χ1n) is 5.44.